The van der Waals surface area contributed by atoms with Crippen LogP contribution < -0.4 is 0 Å². The van der Waals surface area contributed by atoms with Crippen LogP contribution in [0.15, 0.2) is 30.3 Å². The molecule has 0 spiro atoms. The van der Waals surface area contributed by atoms with E-state index in [-0.39, 0.29) is 0 Å². The fourth-order valence-corrected chi connectivity index (χ4v) is 3.42. The zero-order chi connectivity index (χ0) is 15.5. The molecule has 0 N–H and O–H groups in total. The highest BCUT2D eigenvalue weighted by Crippen LogP contribution is 2.27. The first-order valence-corrected chi connectivity index (χ1v) is 8.40. The molecule has 1 aliphatic rings. The summed E-state index contributed by atoms with van der Waals surface area (Å²) in [5, 5.41) is 0. The number of benzene rings is 1. The molecule has 0 unspecified atom stereocenters. The maximum absolute atomic E-state index is 5.59. The van der Waals surface area contributed by atoms with Crippen LogP contribution in [-0.4, -0.2) is 35.1 Å². The SMILES string of the molecule is CN(C)CCn1c(-c2ccccc2)nc(=S)c2c1CCCC2. The van der Waals surface area contributed by atoms with E-state index in [1.807, 2.05) is 6.07 Å². The topological polar surface area (TPSA) is 21.1 Å². The molecule has 3 nitrogen and oxygen atoms in total. The van der Waals surface area contributed by atoms with Crippen molar-refractivity contribution < 1.29 is 0 Å². The molecule has 0 saturated heterocycles. The molecule has 0 saturated carbocycles. The van der Waals surface area contributed by atoms with E-state index in [9.17, 15) is 0 Å². The van der Waals surface area contributed by atoms with Gasteiger partial charge in [-0.3, -0.25) is 0 Å². The Morgan fingerprint density at radius 1 is 1.14 bits per heavy atom. The lowest BCUT2D eigenvalue weighted by molar-refractivity contribution is 0.378. The minimum absolute atomic E-state index is 0.801. The molecular weight excluding hydrogens is 290 g/mol. The van der Waals surface area contributed by atoms with E-state index in [2.05, 4.69) is 47.8 Å². The van der Waals surface area contributed by atoms with Crippen LogP contribution in [0.25, 0.3) is 11.4 Å². The first-order valence-electron chi connectivity index (χ1n) is 7.99. The third-order valence-electron chi connectivity index (χ3n) is 4.29. The Balaban J connectivity index is 2.15. The van der Waals surface area contributed by atoms with Gasteiger partial charge in [-0.25, -0.2) is 4.98 Å². The minimum atomic E-state index is 0.801. The second-order valence-electron chi connectivity index (χ2n) is 6.19. The van der Waals surface area contributed by atoms with E-state index in [1.54, 1.807) is 0 Å². The summed E-state index contributed by atoms with van der Waals surface area (Å²) >= 11 is 5.59. The number of nitrogens with zero attached hydrogens (tertiary/aromatic N) is 3. The number of rotatable bonds is 4. The van der Waals surface area contributed by atoms with Crippen molar-refractivity contribution in [2.45, 2.75) is 32.2 Å². The maximum Gasteiger partial charge on any atom is 0.141 e. The minimum Gasteiger partial charge on any atom is -0.328 e. The molecule has 1 aromatic heterocycles. The van der Waals surface area contributed by atoms with E-state index < -0.39 is 0 Å². The molecule has 4 heteroatoms. The third-order valence-corrected chi connectivity index (χ3v) is 4.63. The predicted octanol–water partition coefficient (Wildman–Crippen LogP) is 3.72. The normalized spacial score (nSPS) is 14.1. The second kappa shape index (κ2) is 6.71. The zero-order valence-electron chi connectivity index (χ0n) is 13.4. The van der Waals surface area contributed by atoms with Crippen LogP contribution >= 0.6 is 12.2 Å². The van der Waals surface area contributed by atoms with Crippen molar-refractivity contribution in [1.29, 1.82) is 0 Å². The van der Waals surface area contributed by atoms with Gasteiger partial charge in [0.2, 0.25) is 0 Å². The smallest absolute Gasteiger partial charge is 0.141 e. The summed E-state index contributed by atoms with van der Waals surface area (Å²) in [7, 11) is 4.23. The number of fused-ring (bicyclic) bond motifs is 1. The number of aromatic nitrogens is 2. The average Bonchev–Trinajstić information content (AvgIpc) is 2.54. The standard InChI is InChI=1S/C18H23N3S/c1-20(2)12-13-21-16-11-7-6-10-15(16)18(22)19-17(21)14-8-4-3-5-9-14/h3-5,8-9H,6-7,10-13H2,1-2H3. The second-order valence-corrected chi connectivity index (χ2v) is 6.58. The van der Waals surface area contributed by atoms with Crippen molar-refractivity contribution in [2.24, 2.45) is 0 Å². The number of hydrogen-bond acceptors (Lipinski definition) is 3. The van der Waals surface area contributed by atoms with Crippen LogP contribution in [0.1, 0.15) is 24.1 Å². The molecule has 0 amide bonds. The summed E-state index contributed by atoms with van der Waals surface area (Å²) in [6.07, 6.45) is 4.69. The molecule has 0 aliphatic heterocycles. The summed E-state index contributed by atoms with van der Waals surface area (Å²) in [6, 6.07) is 10.4. The summed E-state index contributed by atoms with van der Waals surface area (Å²) in [4.78, 5) is 7.01. The van der Waals surface area contributed by atoms with Gasteiger partial charge in [-0.2, -0.15) is 0 Å². The lowest BCUT2D eigenvalue weighted by Gasteiger charge is -2.25. The van der Waals surface area contributed by atoms with E-state index in [0.29, 0.717) is 0 Å². The molecule has 0 fully saturated rings. The first kappa shape index (κ1) is 15.4. The summed E-state index contributed by atoms with van der Waals surface area (Å²) < 4.78 is 3.20. The molecule has 1 aromatic carbocycles. The monoisotopic (exact) mass is 313 g/mol. The third kappa shape index (κ3) is 3.13. The summed E-state index contributed by atoms with van der Waals surface area (Å²) in [6.45, 7) is 1.97. The highest BCUT2D eigenvalue weighted by Gasteiger charge is 2.19. The number of hydrogen-bond donors (Lipinski definition) is 0. The largest absolute Gasteiger partial charge is 0.328 e. The van der Waals surface area contributed by atoms with Crippen molar-refractivity contribution in [1.82, 2.24) is 14.5 Å². The summed E-state index contributed by atoms with van der Waals surface area (Å²) in [5.74, 6) is 1.02. The molecule has 1 heterocycles. The van der Waals surface area contributed by atoms with Crippen LogP contribution in [0.3, 0.4) is 0 Å². The fraction of sp³-hybridized carbons (Fsp3) is 0.444. The van der Waals surface area contributed by atoms with E-state index in [1.165, 1.54) is 24.1 Å². The lowest BCUT2D eigenvalue weighted by Crippen LogP contribution is -2.24. The van der Waals surface area contributed by atoms with Gasteiger partial charge in [0.25, 0.3) is 0 Å². The maximum atomic E-state index is 5.59. The van der Waals surface area contributed by atoms with Crippen LogP contribution in [-0.2, 0) is 19.4 Å². The number of likely N-dealkylation sites (N-methyl/N-ethyl adjacent to an activating group) is 1. The van der Waals surface area contributed by atoms with Crippen molar-refractivity contribution in [3.05, 3.63) is 46.2 Å². The van der Waals surface area contributed by atoms with Gasteiger partial charge < -0.3 is 9.47 Å². The van der Waals surface area contributed by atoms with Crippen molar-refractivity contribution in [2.75, 3.05) is 20.6 Å². The zero-order valence-corrected chi connectivity index (χ0v) is 14.2. The van der Waals surface area contributed by atoms with Gasteiger partial charge in [0, 0.05) is 29.9 Å². The van der Waals surface area contributed by atoms with E-state index >= 15 is 0 Å². The van der Waals surface area contributed by atoms with Crippen LogP contribution in [0.2, 0.25) is 0 Å². The molecular formula is C18H23N3S. The lowest BCUT2D eigenvalue weighted by atomic mass is 9.96. The molecule has 3 rings (SSSR count). The Kier molecular flexibility index (Phi) is 4.69. The van der Waals surface area contributed by atoms with E-state index in [4.69, 9.17) is 17.2 Å². The van der Waals surface area contributed by atoms with E-state index in [0.717, 1.165) is 42.0 Å². The van der Waals surface area contributed by atoms with Crippen LogP contribution in [0.4, 0.5) is 0 Å². The highest BCUT2D eigenvalue weighted by atomic mass is 32.1. The molecule has 0 atom stereocenters. The van der Waals surface area contributed by atoms with Crippen molar-refractivity contribution >= 4 is 12.2 Å². The van der Waals surface area contributed by atoms with Gasteiger partial charge in [0.05, 0.1) is 0 Å². The van der Waals surface area contributed by atoms with Gasteiger partial charge in [-0.15, -0.1) is 0 Å². The van der Waals surface area contributed by atoms with Crippen molar-refractivity contribution in [3.8, 4) is 11.4 Å². The van der Waals surface area contributed by atoms with Gasteiger partial charge in [0.15, 0.2) is 0 Å². The molecule has 0 radical (unpaired) electrons. The first-order chi connectivity index (χ1) is 10.7. The molecule has 1 aliphatic carbocycles. The van der Waals surface area contributed by atoms with Gasteiger partial charge in [-0.1, -0.05) is 42.5 Å². The Labute approximate surface area is 137 Å². The Bertz CT molecular complexity index is 704. The summed E-state index contributed by atoms with van der Waals surface area (Å²) in [5.41, 5.74) is 3.87. The average molecular weight is 313 g/mol. The van der Waals surface area contributed by atoms with Gasteiger partial charge in [-0.05, 0) is 39.8 Å². The highest BCUT2D eigenvalue weighted by molar-refractivity contribution is 7.71. The molecule has 0 bridgehead atoms. The quantitative estimate of drug-likeness (QED) is 0.803. The Morgan fingerprint density at radius 3 is 2.59 bits per heavy atom. The van der Waals surface area contributed by atoms with Crippen LogP contribution in [0, 0.1) is 4.64 Å². The Morgan fingerprint density at radius 2 is 1.86 bits per heavy atom. The fourth-order valence-electron chi connectivity index (χ4n) is 3.12. The molecule has 116 valence electrons. The van der Waals surface area contributed by atoms with Crippen molar-refractivity contribution in [3.63, 3.8) is 0 Å². The Hall–Kier alpha value is -1.52. The van der Waals surface area contributed by atoms with Gasteiger partial charge in [0.1, 0.15) is 10.5 Å². The van der Waals surface area contributed by atoms with Gasteiger partial charge >= 0.3 is 0 Å². The molecule has 22 heavy (non-hydrogen) atoms. The molecule has 2 aromatic rings. The predicted molar refractivity (Wildman–Crippen MR) is 93.7 cm³/mol. The van der Waals surface area contributed by atoms with Crippen LogP contribution in [0.5, 0.6) is 0 Å².